The maximum Gasteiger partial charge on any atom is 0.410 e. The number of H-pyrrole nitrogens is 1. The average molecular weight is 615 g/mol. The number of nitrogens with one attached hydrogen (secondary N) is 2. The van der Waals surface area contributed by atoms with Crippen molar-refractivity contribution in [3.63, 3.8) is 0 Å². The van der Waals surface area contributed by atoms with Gasteiger partial charge in [-0.1, -0.05) is 0 Å². The number of rotatable bonds is 8. The van der Waals surface area contributed by atoms with Crippen molar-refractivity contribution in [1.29, 1.82) is 0 Å². The molecule has 0 radical (unpaired) electrons. The molecule has 2 aliphatic rings. The Bertz CT molecular complexity index is 1450. The van der Waals surface area contributed by atoms with Crippen LogP contribution in [0.1, 0.15) is 52.7 Å². The average Bonchev–Trinajstić information content (AvgIpc) is 3.58. The monoisotopic (exact) mass is 614 g/mol. The van der Waals surface area contributed by atoms with Gasteiger partial charge in [-0.3, -0.25) is 0 Å². The minimum atomic E-state index is -0.590. The van der Waals surface area contributed by atoms with Crippen LogP contribution in [0.5, 0.6) is 5.75 Å². The van der Waals surface area contributed by atoms with Crippen LogP contribution in [0, 0.1) is 5.82 Å². The number of carbonyl (C=O) groups is 2. The smallest absolute Gasteiger partial charge is 0.410 e. The number of aromatic amines is 1. The number of benzene rings is 1. The molecule has 0 saturated carbocycles. The summed E-state index contributed by atoms with van der Waals surface area (Å²) in [6, 6.07) is 2.61. The number of piperazine rings is 1. The predicted octanol–water partition coefficient (Wildman–Crippen LogP) is 4.68. The number of carbonyl (C=O) groups excluding carboxylic acids is 2. The molecule has 14 heteroatoms. The van der Waals surface area contributed by atoms with Crippen molar-refractivity contribution >= 4 is 28.8 Å². The van der Waals surface area contributed by atoms with E-state index in [9.17, 15) is 14.0 Å². The molecule has 1 atom stereocenters. The number of imidazole rings is 1. The lowest BCUT2D eigenvalue weighted by atomic mass is 10.2. The van der Waals surface area contributed by atoms with Gasteiger partial charge in [0.1, 0.15) is 11.8 Å². The Morgan fingerprint density at radius 2 is 1.91 bits per heavy atom. The molecule has 3 aromatic rings. The lowest BCUT2D eigenvalue weighted by molar-refractivity contribution is -0.0393. The molecule has 1 unspecified atom stereocenters. The number of fused-ring (bicyclic) bond motifs is 1. The van der Waals surface area contributed by atoms with Gasteiger partial charge >= 0.3 is 12.1 Å². The summed E-state index contributed by atoms with van der Waals surface area (Å²) in [5.74, 6) is 0.0241. The fourth-order valence-corrected chi connectivity index (χ4v) is 5.15. The number of urea groups is 1. The highest BCUT2D eigenvalue weighted by Crippen LogP contribution is 2.32. The number of hydrogen-bond acceptors (Lipinski definition) is 8. The van der Waals surface area contributed by atoms with Crippen molar-refractivity contribution in [3.8, 4) is 17.3 Å². The summed E-state index contributed by atoms with van der Waals surface area (Å²) in [6.07, 6.45) is 4.63. The number of amides is 3. The van der Waals surface area contributed by atoms with Gasteiger partial charge in [0.2, 0.25) is 0 Å². The second-order valence-corrected chi connectivity index (χ2v) is 12.5. The van der Waals surface area contributed by atoms with Crippen LogP contribution in [0.4, 0.5) is 19.7 Å². The second kappa shape index (κ2) is 13.4. The van der Waals surface area contributed by atoms with E-state index < -0.39 is 17.5 Å². The van der Waals surface area contributed by atoms with E-state index in [0.29, 0.717) is 67.6 Å². The molecule has 2 aliphatic heterocycles. The van der Waals surface area contributed by atoms with E-state index in [4.69, 9.17) is 19.3 Å². The van der Waals surface area contributed by atoms with Gasteiger partial charge in [-0.05, 0) is 60.5 Å². The van der Waals surface area contributed by atoms with Crippen molar-refractivity contribution in [2.24, 2.45) is 0 Å². The molecule has 2 saturated heterocycles. The Balaban J connectivity index is 1.34. The van der Waals surface area contributed by atoms with Gasteiger partial charge in [-0.15, -0.1) is 0 Å². The zero-order valence-corrected chi connectivity index (χ0v) is 26.2. The number of anilines is 1. The van der Waals surface area contributed by atoms with E-state index >= 15 is 0 Å². The zero-order chi connectivity index (χ0) is 31.4. The van der Waals surface area contributed by atoms with Crippen molar-refractivity contribution in [3.05, 3.63) is 24.1 Å². The molecule has 1 aromatic carbocycles. The fourth-order valence-electron chi connectivity index (χ4n) is 5.15. The molecule has 44 heavy (non-hydrogen) atoms. The zero-order valence-electron chi connectivity index (χ0n) is 26.2. The van der Waals surface area contributed by atoms with Crippen LogP contribution in [-0.2, 0) is 9.47 Å². The Hall–Kier alpha value is -3.91. The van der Waals surface area contributed by atoms with E-state index in [1.807, 2.05) is 39.8 Å². The molecule has 13 nitrogen and oxygen atoms in total. The van der Waals surface area contributed by atoms with Crippen molar-refractivity contribution < 1.29 is 28.2 Å². The molecule has 240 valence electrons. The fraction of sp³-hybridized carbons (Fsp3) is 0.600. The molecule has 0 bridgehead atoms. The Morgan fingerprint density at radius 3 is 2.59 bits per heavy atom. The first-order chi connectivity index (χ1) is 21.0. The van der Waals surface area contributed by atoms with Crippen LogP contribution >= 0.6 is 0 Å². The highest BCUT2D eigenvalue weighted by molar-refractivity contribution is 5.93. The summed E-state index contributed by atoms with van der Waals surface area (Å²) in [6.45, 7) is 8.73. The number of hydrogen-bond donors (Lipinski definition) is 2. The SMILES string of the molecule is CN(C)CCCOc1cc2[nH]c(-c3nn(C4CCCCO4)cc3NC(=O)N3CCN(C(=O)OC(C)(C)C)CC3)nc2cc1F. The van der Waals surface area contributed by atoms with Gasteiger partial charge in [0.25, 0.3) is 0 Å². The normalized spacial score (nSPS) is 17.8. The Kier molecular flexibility index (Phi) is 9.59. The summed E-state index contributed by atoms with van der Waals surface area (Å²) < 4.78 is 33.7. The molecule has 4 heterocycles. The molecule has 2 N–H and O–H groups in total. The van der Waals surface area contributed by atoms with Gasteiger partial charge in [0.05, 0.1) is 29.5 Å². The molecule has 3 amide bonds. The van der Waals surface area contributed by atoms with Crippen molar-refractivity contribution in [1.82, 2.24) is 34.4 Å². The minimum Gasteiger partial charge on any atom is -0.490 e. The summed E-state index contributed by atoms with van der Waals surface area (Å²) in [5.41, 5.74) is 1.26. The minimum absolute atomic E-state index is 0.145. The highest BCUT2D eigenvalue weighted by atomic mass is 19.1. The third-order valence-corrected chi connectivity index (χ3v) is 7.41. The number of aromatic nitrogens is 4. The largest absolute Gasteiger partial charge is 0.490 e. The third-order valence-electron chi connectivity index (χ3n) is 7.41. The van der Waals surface area contributed by atoms with Crippen molar-refractivity contribution in [2.75, 3.05) is 65.3 Å². The topological polar surface area (TPSA) is 130 Å². The summed E-state index contributed by atoms with van der Waals surface area (Å²) in [4.78, 5) is 39.0. The lowest BCUT2D eigenvalue weighted by Gasteiger charge is -2.35. The first kappa shape index (κ1) is 31.5. The number of ether oxygens (including phenoxy) is 3. The molecular formula is C30H43FN8O5. The van der Waals surface area contributed by atoms with E-state index in [-0.39, 0.29) is 18.0 Å². The number of halogens is 1. The summed E-state index contributed by atoms with van der Waals surface area (Å²) in [7, 11) is 3.95. The van der Waals surface area contributed by atoms with Crippen molar-refractivity contribution in [2.45, 2.75) is 58.3 Å². The molecule has 0 aliphatic carbocycles. The predicted molar refractivity (Wildman–Crippen MR) is 163 cm³/mol. The summed E-state index contributed by atoms with van der Waals surface area (Å²) in [5, 5.41) is 7.74. The number of nitrogens with zero attached hydrogens (tertiary/aromatic N) is 6. The van der Waals surface area contributed by atoms with E-state index in [2.05, 4.69) is 15.3 Å². The van der Waals surface area contributed by atoms with E-state index in [0.717, 1.165) is 32.2 Å². The van der Waals surface area contributed by atoms with E-state index in [1.165, 1.54) is 6.07 Å². The molecular weight excluding hydrogens is 571 g/mol. The van der Waals surface area contributed by atoms with Crippen LogP contribution in [0.2, 0.25) is 0 Å². The van der Waals surface area contributed by atoms with Crippen LogP contribution in [0.15, 0.2) is 18.3 Å². The van der Waals surface area contributed by atoms with E-state index in [1.54, 1.807) is 26.7 Å². The standard InChI is InChI=1S/C30H43FN8O5/c1-30(2,3)44-29(41)38-13-11-37(12-14-38)28(40)34-23-19-39(25-9-6-7-15-43-25)35-26(23)27-32-21-17-20(31)24(18-22(21)33-27)42-16-8-10-36(4)5/h17-19,25H,6-16H2,1-5H3,(H,32,33)(H,34,40). The molecule has 2 fully saturated rings. The first-order valence-corrected chi connectivity index (χ1v) is 15.2. The van der Waals surface area contributed by atoms with Gasteiger partial charge in [-0.25, -0.2) is 23.6 Å². The van der Waals surface area contributed by atoms with Crippen LogP contribution in [0.25, 0.3) is 22.6 Å². The van der Waals surface area contributed by atoms with Crippen LogP contribution in [0.3, 0.4) is 0 Å². The third kappa shape index (κ3) is 7.78. The Labute approximate surface area is 256 Å². The Morgan fingerprint density at radius 1 is 1.16 bits per heavy atom. The van der Waals surface area contributed by atoms with Gasteiger partial charge in [-0.2, -0.15) is 5.10 Å². The molecule has 0 spiro atoms. The molecule has 5 rings (SSSR count). The van der Waals surface area contributed by atoms with Gasteiger partial charge in [0.15, 0.2) is 23.1 Å². The highest BCUT2D eigenvalue weighted by Gasteiger charge is 2.29. The first-order valence-electron chi connectivity index (χ1n) is 15.2. The summed E-state index contributed by atoms with van der Waals surface area (Å²) >= 11 is 0. The maximum atomic E-state index is 14.9. The van der Waals surface area contributed by atoms with Crippen LogP contribution < -0.4 is 10.1 Å². The maximum absolute atomic E-state index is 14.9. The van der Waals surface area contributed by atoms with Crippen LogP contribution in [-0.4, -0.2) is 112 Å². The lowest BCUT2D eigenvalue weighted by Crippen LogP contribution is -2.52. The molecule has 2 aromatic heterocycles. The van der Waals surface area contributed by atoms with Gasteiger partial charge < -0.3 is 39.2 Å². The second-order valence-electron chi connectivity index (χ2n) is 12.5. The van der Waals surface area contributed by atoms with Gasteiger partial charge in [0, 0.05) is 51.5 Å². The quantitative estimate of drug-likeness (QED) is 0.350.